The predicted molar refractivity (Wildman–Crippen MR) is 54.0 cm³/mol. The van der Waals surface area contributed by atoms with Crippen LogP contribution in [0.1, 0.15) is 24.4 Å². The predicted octanol–water partition coefficient (Wildman–Crippen LogP) is 2.33. The maximum Gasteiger partial charge on any atom is 0.134 e. The van der Waals surface area contributed by atoms with Gasteiger partial charge in [0.1, 0.15) is 17.4 Å². The van der Waals surface area contributed by atoms with Crippen molar-refractivity contribution in [3.8, 4) is 5.75 Å². The molecule has 5 heteroatoms. The number of hydrogen-bond acceptors (Lipinski definition) is 3. The van der Waals surface area contributed by atoms with Crippen molar-refractivity contribution in [2.24, 2.45) is 0 Å². The Labute approximate surface area is 92.3 Å². The summed E-state index contributed by atoms with van der Waals surface area (Å²) in [6.45, 7) is 0.456. The summed E-state index contributed by atoms with van der Waals surface area (Å²) in [7, 11) is 1.47. The van der Waals surface area contributed by atoms with Gasteiger partial charge in [0.25, 0.3) is 0 Å². The molecule has 0 amide bonds. The van der Waals surface area contributed by atoms with Crippen molar-refractivity contribution in [3.63, 3.8) is 0 Å². The van der Waals surface area contributed by atoms with E-state index in [4.69, 9.17) is 9.57 Å². The normalized spacial score (nSPS) is 19.8. The molecule has 0 bridgehead atoms. The van der Waals surface area contributed by atoms with Gasteiger partial charge in [-0.1, -0.05) is 0 Å². The fourth-order valence-electron chi connectivity index (χ4n) is 1.89. The highest BCUT2D eigenvalue weighted by atomic mass is 19.1. The molecule has 1 heterocycles. The Hall–Kier alpha value is -1.20. The Morgan fingerprint density at radius 3 is 3.00 bits per heavy atom. The van der Waals surface area contributed by atoms with Crippen molar-refractivity contribution in [2.45, 2.75) is 18.9 Å². The average molecular weight is 229 g/mol. The van der Waals surface area contributed by atoms with Crippen molar-refractivity contribution in [1.82, 2.24) is 5.48 Å². The minimum atomic E-state index is -0.630. The zero-order valence-corrected chi connectivity index (χ0v) is 8.93. The van der Waals surface area contributed by atoms with Gasteiger partial charge in [-0.3, -0.25) is 0 Å². The summed E-state index contributed by atoms with van der Waals surface area (Å²) in [4.78, 5) is 4.81. The summed E-state index contributed by atoms with van der Waals surface area (Å²) in [5.74, 6) is -0.981. The Balaban J connectivity index is 2.43. The van der Waals surface area contributed by atoms with Crippen LogP contribution in [-0.2, 0) is 4.84 Å². The molecule has 1 N–H and O–H groups in total. The largest absolute Gasteiger partial charge is 0.493 e. The maximum atomic E-state index is 13.7. The smallest absolute Gasteiger partial charge is 0.134 e. The van der Waals surface area contributed by atoms with E-state index in [-0.39, 0.29) is 11.8 Å². The van der Waals surface area contributed by atoms with Gasteiger partial charge in [-0.05, 0) is 12.8 Å². The molecule has 0 saturated carbocycles. The molecule has 0 aromatic heterocycles. The molecule has 1 aromatic carbocycles. The second-order valence-corrected chi connectivity index (χ2v) is 3.66. The third-order valence-corrected chi connectivity index (χ3v) is 2.56. The van der Waals surface area contributed by atoms with Gasteiger partial charge in [-0.15, -0.1) is 0 Å². The first-order chi connectivity index (χ1) is 7.72. The molecule has 0 fully saturated rings. The van der Waals surface area contributed by atoms with Gasteiger partial charge in [0.05, 0.1) is 19.8 Å². The van der Waals surface area contributed by atoms with Crippen molar-refractivity contribution < 1.29 is 18.4 Å². The van der Waals surface area contributed by atoms with Crippen LogP contribution < -0.4 is 10.2 Å². The Bertz CT molecular complexity index is 384. The van der Waals surface area contributed by atoms with Crippen LogP contribution in [0.5, 0.6) is 5.75 Å². The van der Waals surface area contributed by atoms with Crippen LogP contribution in [0.25, 0.3) is 0 Å². The molecule has 1 aliphatic rings. The summed E-state index contributed by atoms with van der Waals surface area (Å²) < 4.78 is 32.0. The number of rotatable bonds is 2. The van der Waals surface area contributed by atoms with E-state index in [0.717, 1.165) is 12.5 Å². The molecule has 1 atom stereocenters. The first kappa shape index (κ1) is 11.3. The van der Waals surface area contributed by atoms with Crippen LogP contribution in [0.3, 0.4) is 0 Å². The van der Waals surface area contributed by atoms with E-state index in [1.165, 1.54) is 13.2 Å². The lowest BCUT2D eigenvalue weighted by atomic mass is 10.0. The van der Waals surface area contributed by atoms with Gasteiger partial charge in [0.2, 0.25) is 0 Å². The molecule has 3 nitrogen and oxygen atoms in total. The fraction of sp³-hybridized carbons (Fsp3) is 0.455. The minimum absolute atomic E-state index is 0.254. The molecule has 16 heavy (non-hydrogen) atoms. The van der Waals surface area contributed by atoms with Gasteiger partial charge >= 0.3 is 0 Å². The maximum absolute atomic E-state index is 13.7. The van der Waals surface area contributed by atoms with Crippen LogP contribution in [0, 0.1) is 11.6 Å². The zero-order chi connectivity index (χ0) is 11.5. The lowest BCUT2D eigenvalue weighted by Gasteiger charge is -2.17. The second kappa shape index (κ2) is 4.76. The summed E-state index contributed by atoms with van der Waals surface area (Å²) >= 11 is 0. The molecule has 0 saturated heterocycles. The van der Waals surface area contributed by atoms with Crippen molar-refractivity contribution in [2.75, 3.05) is 13.7 Å². The van der Waals surface area contributed by atoms with Crippen LogP contribution >= 0.6 is 0 Å². The molecule has 0 radical (unpaired) electrons. The molecule has 2 rings (SSSR count). The third-order valence-electron chi connectivity index (χ3n) is 2.56. The van der Waals surface area contributed by atoms with Crippen molar-refractivity contribution in [1.29, 1.82) is 0 Å². The Morgan fingerprint density at radius 2 is 2.25 bits per heavy atom. The quantitative estimate of drug-likeness (QED) is 0.789. The van der Waals surface area contributed by atoms with Gasteiger partial charge in [0, 0.05) is 17.7 Å². The van der Waals surface area contributed by atoms with Crippen LogP contribution in [0.2, 0.25) is 0 Å². The number of halogens is 2. The highest BCUT2D eigenvalue weighted by Gasteiger charge is 2.24. The monoisotopic (exact) mass is 229 g/mol. The van der Waals surface area contributed by atoms with Crippen LogP contribution in [-0.4, -0.2) is 13.7 Å². The van der Waals surface area contributed by atoms with E-state index in [9.17, 15) is 8.78 Å². The van der Waals surface area contributed by atoms with Crippen molar-refractivity contribution in [3.05, 3.63) is 29.3 Å². The zero-order valence-electron chi connectivity index (χ0n) is 8.93. The van der Waals surface area contributed by atoms with Gasteiger partial charge in [-0.25, -0.2) is 8.78 Å². The second-order valence-electron chi connectivity index (χ2n) is 3.66. The third kappa shape index (κ3) is 2.15. The number of nitrogens with one attached hydrogen (secondary N) is 1. The molecule has 0 aliphatic carbocycles. The molecule has 1 aliphatic heterocycles. The molecule has 88 valence electrons. The molecular formula is C11H13F2NO2. The molecular weight excluding hydrogens is 216 g/mol. The first-order valence-electron chi connectivity index (χ1n) is 5.12. The van der Waals surface area contributed by atoms with Gasteiger partial charge < -0.3 is 9.57 Å². The van der Waals surface area contributed by atoms with Gasteiger partial charge in [0.15, 0.2) is 0 Å². The molecule has 1 unspecified atom stereocenters. The lowest BCUT2D eigenvalue weighted by molar-refractivity contribution is 0.0569. The summed E-state index contributed by atoms with van der Waals surface area (Å²) in [5.41, 5.74) is 3.03. The van der Waals surface area contributed by atoms with E-state index in [0.29, 0.717) is 18.6 Å². The van der Waals surface area contributed by atoms with E-state index in [1.54, 1.807) is 0 Å². The molecule has 1 aromatic rings. The highest BCUT2D eigenvalue weighted by Crippen LogP contribution is 2.34. The number of benzene rings is 1. The number of hydroxylamine groups is 1. The van der Waals surface area contributed by atoms with E-state index in [1.807, 2.05) is 0 Å². The number of hydrogen-bond donors (Lipinski definition) is 1. The Morgan fingerprint density at radius 1 is 1.44 bits per heavy atom. The Kier molecular flexibility index (Phi) is 3.36. The fourth-order valence-corrected chi connectivity index (χ4v) is 1.89. The van der Waals surface area contributed by atoms with Crippen LogP contribution in [0.4, 0.5) is 8.78 Å². The SMILES string of the molecule is CONC1CCCOc2cc(F)cc(F)c21. The van der Waals surface area contributed by atoms with E-state index < -0.39 is 11.6 Å². The topological polar surface area (TPSA) is 30.5 Å². The molecule has 0 spiro atoms. The number of ether oxygens (including phenoxy) is 1. The van der Waals surface area contributed by atoms with Gasteiger partial charge in [-0.2, -0.15) is 5.48 Å². The summed E-state index contributed by atoms with van der Waals surface area (Å²) in [6.07, 6.45) is 1.44. The standard InChI is InChI=1S/C11H13F2NO2/c1-15-14-9-3-2-4-16-10-6-7(12)5-8(13)11(9)10/h5-6,9,14H,2-4H2,1H3. The highest BCUT2D eigenvalue weighted by molar-refractivity contribution is 5.38. The first-order valence-corrected chi connectivity index (χ1v) is 5.12. The minimum Gasteiger partial charge on any atom is -0.493 e. The van der Waals surface area contributed by atoms with Crippen LogP contribution in [0.15, 0.2) is 12.1 Å². The lowest BCUT2D eigenvalue weighted by Crippen LogP contribution is -2.20. The number of fused-ring (bicyclic) bond motifs is 1. The summed E-state index contributed by atoms with van der Waals surface area (Å²) in [6, 6.07) is 1.76. The van der Waals surface area contributed by atoms with Crippen molar-refractivity contribution >= 4 is 0 Å². The van der Waals surface area contributed by atoms with E-state index >= 15 is 0 Å². The average Bonchev–Trinajstić information content (AvgIpc) is 2.41. The van der Waals surface area contributed by atoms with E-state index in [2.05, 4.69) is 5.48 Å². The summed E-state index contributed by atoms with van der Waals surface area (Å²) in [5, 5.41) is 0.